The second-order valence-corrected chi connectivity index (χ2v) is 3.70. The Morgan fingerprint density at radius 2 is 1.62 bits per heavy atom. The van der Waals surface area contributed by atoms with E-state index < -0.39 is 35.2 Å². The summed E-state index contributed by atoms with van der Waals surface area (Å²) < 4.78 is 53.2. The molecule has 0 radical (unpaired) electrons. The van der Waals surface area contributed by atoms with E-state index in [4.69, 9.17) is 10.2 Å². The number of hydrogen-bond acceptors (Lipinski definition) is 2. The van der Waals surface area contributed by atoms with Crippen LogP contribution in [0.3, 0.4) is 0 Å². The molecule has 0 bridgehead atoms. The molecule has 6 heteroatoms. The van der Waals surface area contributed by atoms with Gasteiger partial charge in [0, 0.05) is 11.1 Å². The van der Waals surface area contributed by atoms with E-state index in [-0.39, 0.29) is 0 Å². The number of rotatable bonds is 2. The molecule has 0 aromatic carbocycles. The summed E-state index contributed by atoms with van der Waals surface area (Å²) in [6.45, 7) is 2.33. The molecule has 2 N–H and O–H groups in total. The highest BCUT2D eigenvalue weighted by Crippen LogP contribution is 2.55. The summed E-state index contributed by atoms with van der Waals surface area (Å²) in [7, 11) is 0. The maximum atomic E-state index is 13.4. The van der Waals surface area contributed by atoms with E-state index in [1.807, 2.05) is 0 Å². The van der Waals surface area contributed by atoms with Crippen LogP contribution < -0.4 is 0 Å². The number of halogens is 4. The fourth-order valence-electron chi connectivity index (χ4n) is 1.61. The average molecular weight is 240 g/mol. The lowest BCUT2D eigenvalue weighted by molar-refractivity contribution is -0.345. The summed E-state index contributed by atoms with van der Waals surface area (Å²) in [6.07, 6.45) is 2.24. The normalized spacial score (nSPS) is 26.8. The second-order valence-electron chi connectivity index (χ2n) is 3.70. The first-order valence-electron chi connectivity index (χ1n) is 4.63. The molecule has 0 aromatic rings. The summed E-state index contributed by atoms with van der Waals surface area (Å²) >= 11 is 0. The Labute approximate surface area is 89.9 Å². The molecule has 0 saturated carbocycles. The Hall–Kier alpha value is -0.880. The van der Waals surface area contributed by atoms with E-state index in [0.29, 0.717) is 0 Å². The largest absolute Gasteiger partial charge is 0.356 e. The van der Waals surface area contributed by atoms with Gasteiger partial charge in [-0.2, -0.15) is 17.6 Å². The molecule has 0 unspecified atom stereocenters. The van der Waals surface area contributed by atoms with Gasteiger partial charge in [-0.1, -0.05) is 12.2 Å². The summed E-state index contributed by atoms with van der Waals surface area (Å²) in [5.41, 5.74) is -1.93. The smallest absolute Gasteiger partial charge is 0.329 e. The Balaban J connectivity index is 3.30. The van der Waals surface area contributed by atoms with Crippen molar-refractivity contribution in [2.45, 2.75) is 37.9 Å². The number of alkyl halides is 4. The van der Waals surface area contributed by atoms with Crippen molar-refractivity contribution in [3.05, 3.63) is 23.3 Å². The van der Waals surface area contributed by atoms with Crippen LogP contribution in [0.15, 0.2) is 23.3 Å². The summed E-state index contributed by atoms with van der Waals surface area (Å²) in [4.78, 5) is 0. The highest BCUT2D eigenvalue weighted by molar-refractivity contribution is 5.40. The maximum Gasteiger partial charge on any atom is 0.329 e. The van der Waals surface area contributed by atoms with Gasteiger partial charge in [0.25, 0.3) is 0 Å². The first kappa shape index (κ1) is 13.2. The zero-order valence-electron chi connectivity index (χ0n) is 8.77. The molecule has 1 aliphatic rings. The van der Waals surface area contributed by atoms with Crippen LogP contribution in [0.2, 0.25) is 0 Å². The van der Waals surface area contributed by atoms with E-state index in [1.54, 1.807) is 6.92 Å². The minimum atomic E-state index is -4.35. The van der Waals surface area contributed by atoms with Crippen LogP contribution in [0, 0.1) is 0 Å². The van der Waals surface area contributed by atoms with Crippen LogP contribution in [-0.4, -0.2) is 27.8 Å². The number of hydrogen-bond donors (Lipinski definition) is 2. The topological polar surface area (TPSA) is 40.5 Å². The molecule has 0 saturated heterocycles. The van der Waals surface area contributed by atoms with Gasteiger partial charge in [0.05, 0.1) is 0 Å². The van der Waals surface area contributed by atoms with E-state index in [9.17, 15) is 17.6 Å². The highest BCUT2D eigenvalue weighted by Gasteiger charge is 2.75. The molecular weight excluding hydrogens is 228 g/mol. The van der Waals surface area contributed by atoms with Gasteiger partial charge in [0.2, 0.25) is 0 Å². The molecule has 1 aliphatic carbocycles. The van der Waals surface area contributed by atoms with Gasteiger partial charge in [0.1, 0.15) is 0 Å². The summed E-state index contributed by atoms with van der Waals surface area (Å²) in [5.74, 6) is -13.0. The molecule has 16 heavy (non-hydrogen) atoms. The summed E-state index contributed by atoms with van der Waals surface area (Å²) in [5, 5.41) is 17.8. The van der Waals surface area contributed by atoms with Gasteiger partial charge >= 0.3 is 17.6 Å². The molecule has 0 aliphatic heterocycles. The fraction of sp³-hybridized carbons (Fsp3) is 0.600. The van der Waals surface area contributed by atoms with Crippen molar-refractivity contribution in [2.24, 2.45) is 0 Å². The molecule has 2 nitrogen and oxygen atoms in total. The molecule has 92 valence electrons. The number of aliphatic hydroxyl groups is 2. The van der Waals surface area contributed by atoms with Crippen molar-refractivity contribution in [3.63, 3.8) is 0 Å². The van der Waals surface area contributed by atoms with Crippen molar-refractivity contribution >= 4 is 0 Å². The van der Waals surface area contributed by atoms with Crippen LogP contribution in [-0.2, 0) is 0 Å². The van der Waals surface area contributed by atoms with Crippen molar-refractivity contribution in [1.82, 2.24) is 0 Å². The van der Waals surface area contributed by atoms with Gasteiger partial charge < -0.3 is 10.2 Å². The third-order valence-electron chi connectivity index (χ3n) is 2.74. The Morgan fingerprint density at radius 3 is 1.94 bits per heavy atom. The molecule has 0 atom stereocenters. The van der Waals surface area contributed by atoms with E-state index >= 15 is 0 Å². The first-order valence-corrected chi connectivity index (χ1v) is 4.63. The lowest BCUT2D eigenvalue weighted by Crippen LogP contribution is -2.56. The first-order chi connectivity index (χ1) is 7.10. The summed E-state index contributed by atoms with van der Waals surface area (Å²) in [6, 6.07) is 0. The molecule has 0 aromatic heterocycles. The van der Waals surface area contributed by atoms with E-state index in [2.05, 4.69) is 0 Å². The fourth-order valence-corrected chi connectivity index (χ4v) is 1.61. The zero-order valence-corrected chi connectivity index (χ0v) is 8.77. The molecule has 0 spiro atoms. The van der Waals surface area contributed by atoms with E-state index in [0.717, 1.165) is 6.92 Å². The predicted octanol–water partition coefficient (Wildman–Crippen LogP) is 2.23. The minimum absolute atomic E-state index is 0.437. The molecule has 0 heterocycles. The van der Waals surface area contributed by atoms with Crippen LogP contribution in [0.4, 0.5) is 17.6 Å². The van der Waals surface area contributed by atoms with Gasteiger partial charge in [-0.15, -0.1) is 0 Å². The zero-order chi connectivity index (χ0) is 12.8. The lowest BCUT2D eigenvalue weighted by Gasteiger charge is -2.30. The second kappa shape index (κ2) is 3.56. The van der Waals surface area contributed by atoms with E-state index in [1.165, 1.54) is 12.2 Å². The van der Waals surface area contributed by atoms with Crippen molar-refractivity contribution < 1.29 is 27.8 Å². The van der Waals surface area contributed by atoms with Gasteiger partial charge in [0.15, 0.2) is 0 Å². The SMILES string of the molecule is CC=CCC1=C(C)C(F)(F)C(O)(O)C1(F)F. The molecule has 0 fully saturated rings. The highest BCUT2D eigenvalue weighted by atomic mass is 19.3. The van der Waals surface area contributed by atoms with Crippen molar-refractivity contribution in [1.29, 1.82) is 0 Å². The molecule has 0 amide bonds. The van der Waals surface area contributed by atoms with Crippen molar-refractivity contribution in [2.75, 3.05) is 0 Å². The maximum absolute atomic E-state index is 13.4. The Kier molecular flexibility index (Phi) is 2.94. The predicted molar refractivity (Wildman–Crippen MR) is 49.2 cm³/mol. The van der Waals surface area contributed by atoms with Crippen LogP contribution in [0.25, 0.3) is 0 Å². The Morgan fingerprint density at radius 1 is 1.12 bits per heavy atom. The average Bonchev–Trinajstić information content (AvgIpc) is 2.23. The van der Waals surface area contributed by atoms with Crippen LogP contribution in [0.1, 0.15) is 20.3 Å². The van der Waals surface area contributed by atoms with Gasteiger partial charge in [-0.25, -0.2) is 0 Å². The minimum Gasteiger partial charge on any atom is -0.356 e. The van der Waals surface area contributed by atoms with Gasteiger partial charge in [-0.3, -0.25) is 0 Å². The quantitative estimate of drug-likeness (QED) is 0.441. The standard InChI is InChI=1S/C10H12F4O2/c1-3-4-5-7-6(2)8(11,12)10(15,16)9(7,13)14/h3-4,15-16H,5H2,1-2H3. The van der Waals surface area contributed by atoms with Gasteiger partial charge in [-0.05, 0) is 20.3 Å². The van der Waals surface area contributed by atoms with Crippen LogP contribution >= 0.6 is 0 Å². The lowest BCUT2D eigenvalue weighted by atomic mass is 10.0. The Bertz CT molecular complexity index is 356. The monoisotopic (exact) mass is 240 g/mol. The third kappa shape index (κ3) is 1.40. The van der Waals surface area contributed by atoms with Crippen LogP contribution in [0.5, 0.6) is 0 Å². The molecule has 1 rings (SSSR count). The van der Waals surface area contributed by atoms with Crippen molar-refractivity contribution in [3.8, 4) is 0 Å². The number of allylic oxidation sites excluding steroid dienone is 2. The third-order valence-corrected chi connectivity index (χ3v) is 2.74. The molecular formula is C10H12F4O2.